The van der Waals surface area contributed by atoms with Gasteiger partial charge < -0.3 is 115 Å². The molecule has 1 aromatic heterocycles. The number of amides is 14. The average molecular weight is 1850 g/mol. The molecule has 1 fully saturated rings. The maximum atomic E-state index is 15.3. The second kappa shape index (κ2) is 51.6. The highest BCUT2D eigenvalue weighted by Crippen LogP contribution is 2.36. The van der Waals surface area contributed by atoms with Crippen molar-refractivity contribution in [1.29, 1.82) is 0 Å². The van der Waals surface area contributed by atoms with E-state index in [0.29, 0.717) is 57.1 Å². The minimum absolute atomic E-state index is 0.0106. The molecule has 22 N–H and O–H groups in total. The topological polar surface area (TPSA) is 639 Å². The number of nitrogens with zero attached hydrogens (tertiary/aromatic N) is 1. The minimum atomic E-state index is -2.48. The highest BCUT2D eigenvalue weighted by Gasteiger charge is 2.53. The fourth-order valence-electron chi connectivity index (χ4n) is 14.4. The van der Waals surface area contributed by atoms with Gasteiger partial charge in [0.15, 0.2) is 11.9 Å². The molecule has 3 aliphatic rings. The molecule has 3 aliphatic heterocycles. The maximum absolute atomic E-state index is 15.3. The summed E-state index contributed by atoms with van der Waals surface area (Å²) < 4.78 is 21.6. The average Bonchev–Trinajstić information content (AvgIpc) is 1.60. The lowest BCUT2D eigenvalue weighted by atomic mass is 9.92. The normalized spacial score (nSPS) is 21.7. The van der Waals surface area contributed by atoms with Crippen LogP contribution in [-0.4, -0.2) is 280 Å². The molecule has 702 valence electrons. The van der Waals surface area contributed by atoms with Gasteiger partial charge >= 0.3 is 23.9 Å². The second-order valence-corrected chi connectivity index (χ2v) is 36.6. The van der Waals surface area contributed by atoms with Gasteiger partial charge in [0.2, 0.25) is 70.9 Å². The largest absolute Gasteiger partial charge is 0.493 e. The van der Waals surface area contributed by atoms with Gasteiger partial charge in [0.1, 0.15) is 59.1 Å². The molecule has 0 spiro atoms. The van der Waals surface area contributed by atoms with E-state index in [4.69, 9.17) is 15.6 Å². The van der Waals surface area contributed by atoms with E-state index < -0.39 is 248 Å². The summed E-state index contributed by atoms with van der Waals surface area (Å²) in [5.41, 5.74) is 5.09. The minimum Gasteiger partial charge on any atom is -0.493 e. The molecule has 44 heteroatoms. The smallest absolute Gasteiger partial charge is 0.326 e. The molecule has 7 rings (SSSR count). The summed E-state index contributed by atoms with van der Waals surface area (Å²) in [6.45, 7) is 6.05. The highest BCUT2D eigenvalue weighted by atomic mass is 33.1. The second-order valence-electron chi connectivity index (χ2n) is 32.0. The zero-order valence-corrected chi connectivity index (χ0v) is 74.3. The zero-order valence-electron chi connectivity index (χ0n) is 71.8. The number of hydrogen-bond donors (Lipinski definition) is 21. The van der Waals surface area contributed by atoms with E-state index in [1.54, 1.807) is 65.8 Å². The first-order valence-corrected chi connectivity index (χ1v) is 46.0. The predicted octanol–water partition coefficient (Wildman–Crippen LogP) is -1.43. The number of aliphatic hydroxyl groups excluding tert-OH is 3. The van der Waals surface area contributed by atoms with Crippen LogP contribution in [-0.2, 0) is 107 Å². The van der Waals surface area contributed by atoms with Crippen LogP contribution in [0.1, 0.15) is 148 Å². The number of nitrogens with two attached hydrogens (primary N) is 1. The number of fused-ring (bicyclic) bond motifs is 5. The number of rotatable bonds is 44. The van der Waals surface area contributed by atoms with Crippen molar-refractivity contribution >= 4 is 144 Å². The van der Waals surface area contributed by atoms with Gasteiger partial charge in [-0.3, -0.25) is 76.6 Å². The van der Waals surface area contributed by atoms with Crippen LogP contribution in [0.2, 0.25) is 0 Å². The van der Waals surface area contributed by atoms with Gasteiger partial charge in [0.25, 0.3) is 0 Å². The Morgan fingerprint density at radius 1 is 0.648 bits per heavy atom. The van der Waals surface area contributed by atoms with Crippen LogP contribution >= 0.6 is 21.6 Å². The first-order chi connectivity index (χ1) is 60.9. The Kier molecular flexibility index (Phi) is 41.8. The molecule has 0 aliphatic carbocycles. The van der Waals surface area contributed by atoms with Crippen molar-refractivity contribution < 1.29 is 121 Å². The van der Waals surface area contributed by atoms with Crippen LogP contribution in [0.3, 0.4) is 0 Å². The van der Waals surface area contributed by atoms with E-state index in [-0.39, 0.29) is 96.0 Å². The van der Waals surface area contributed by atoms with Gasteiger partial charge in [0.05, 0.1) is 73.0 Å². The molecule has 128 heavy (non-hydrogen) atoms. The summed E-state index contributed by atoms with van der Waals surface area (Å²) >= 11 is 0. The van der Waals surface area contributed by atoms with Crippen molar-refractivity contribution in [2.45, 2.75) is 238 Å². The van der Waals surface area contributed by atoms with E-state index in [1.807, 2.05) is 67.7 Å². The van der Waals surface area contributed by atoms with Gasteiger partial charge in [-0.25, -0.2) is 14.4 Å². The molecule has 0 saturated carbocycles. The van der Waals surface area contributed by atoms with E-state index in [9.17, 15) is 102 Å². The number of primary amides is 1. The van der Waals surface area contributed by atoms with Crippen molar-refractivity contribution in [3.63, 3.8) is 0 Å². The van der Waals surface area contributed by atoms with Crippen molar-refractivity contribution in [2.75, 3.05) is 51.7 Å². The predicted molar refractivity (Wildman–Crippen MR) is 468 cm³/mol. The number of urea groups is 1. The van der Waals surface area contributed by atoms with Crippen LogP contribution in [0.15, 0.2) is 83.9 Å². The van der Waals surface area contributed by atoms with Gasteiger partial charge in [-0.05, 0) is 73.3 Å². The number of hydrogen-bond acceptors (Lipinski definition) is 25. The quantitative estimate of drug-likeness (QED) is 0.0137. The Labute approximate surface area is 749 Å². The molecule has 14 amide bonds. The fraction of sp³-hybridized carbons (Fsp3) is 0.560. The van der Waals surface area contributed by atoms with Crippen molar-refractivity contribution in [2.24, 2.45) is 17.6 Å². The Bertz CT molecular complexity index is 4570. The van der Waals surface area contributed by atoms with Crippen molar-refractivity contribution in [3.05, 3.63) is 95.6 Å². The standard InChI is InChI=1S/C84H118N16O25S3/c1-6-46(2)71-77(116)89-40-68(108)91-63-44-128(124)79-55(37-61(74(113)88-41-69(109)98-71)93-78(117)72(49(5)64(104)43-101)99-84(45-102)39-52(103)42-100(84)80(118)62(38-65(85)105)94-76(63)115)54-24-23-53(36-58(54)95-79)125-33-30-48(4)127-126-47(3)29-32-87-73(112)59(34-50-18-12-10-13-19-50)92-75(114)60(35-51-20-14-11-15-21-51)90-67(107)22-16-8-7-9-17-31-86-66(106)27-25-56(81(119)120)96-83(123)97-57(82(121)122)26-28-70(110)111/h10-15,18-21,23-24,36,45-49,52,56-57,59-64,71-72,95,99,101,103-104H,6-9,16-17,22,25-35,37-44H2,1-5H3,(H2,85,105)(H,86,106)(H,87,112)(H,88,113)(H,89,116)(H,90,107)(H,91,108)(H,92,114)(H,93,117)(H,94,115)(H,98,109)(H,110,111)(H,119,120)(H,121,122)(H2,96,97,123)/t46-,47?,48?,49-,52+,56?,57?,59-,60-,61?,62-,63?,64-,71-,72-,84-,128?/m0/s1. The van der Waals surface area contributed by atoms with Crippen LogP contribution < -0.4 is 79.6 Å². The molecule has 4 aromatic rings. The number of benzene rings is 3. The molecule has 0 radical (unpaired) electrons. The number of carbonyl (C=O) groups is 17. The van der Waals surface area contributed by atoms with Crippen LogP contribution in [0, 0.1) is 11.8 Å². The summed E-state index contributed by atoms with van der Waals surface area (Å²) in [7, 11) is 0.681. The number of H-pyrrole nitrogens is 1. The van der Waals surface area contributed by atoms with Gasteiger partial charge in [-0.15, -0.1) is 0 Å². The Morgan fingerprint density at radius 3 is 1.86 bits per heavy atom. The molecule has 17 atom stereocenters. The number of carboxylic acid groups (broad SMARTS) is 3. The lowest BCUT2D eigenvalue weighted by molar-refractivity contribution is -0.147. The van der Waals surface area contributed by atoms with Crippen LogP contribution in [0.4, 0.5) is 4.79 Å². The Balaban J connectivity index is 0.990. The molecular formula is C84H118N16O25S3. The van der Waals surface area contributed by atoms with E-state index in [2.05, 4.69) is 68.8 Å². The van der Waals surface area contributed by atoms with E-state index in [1.165, 1.54) is 6.92 Å². The summed E-state index contributed by atoms with van der Waals surface area (Å²) in [5, 5.41) is 93.8. The first kappa shape index (κ1) is 104. The molecule has 2 bridgehead atoms. The monoisotopic (exact) mass is 1850 g/mol. The third-order valence-electron chi connectivity index (χ3n) is 21.9. The molecule has 3 aromatic carbocycles. The van der Waals surface area contributed by atoms with Crippen molar-refractivity contribution in [1.82, 2.24) is 79.0 Å². The summed E-state index contributed by atoms with van der Waals surface area (Å²) in [5.74, 6) is -17.3. The van der Waals surface area contributed by atoms with Crippen LogP contribution in [0.25, 0.3) is 10.9 Å². The van der Waals surface area contributed by atoms with Gasteiger partial charge in [0, 0.05) is 92.5 Å². The molecule has 1 saturated heterocycles. The molecule has 7 unspecified atom stereocenters. The van der Waals surface area contributed by atoms with Crippen molar-refractivity contribution in [3.8, 4) is 5.75 Å². The molecule has 4 heterocycles. The fourth-order valence-corrected chi connectivity index (χ4v) is 18.3. The third-order valence-corrected chi connectivity index (χ3v) is 26.9. The Morgan fingerprint density at radius 2 is 1.25 bits per heavy atom. The lowest BCUT2D eigenvalue weighted by Gasteiger charge is -2.41. The lowest BCUT2D eigenvalue weighted by Crippen LogP contribution is -2.69. The number of aldehydes is 1. The molecular weight excluding hydrogens is 1730 g/mol. The SMILES string of the molecule is CC[C@H](C)[C@@H]1NC(=O)CNC(=O)C2Cc3c([nH]c4cc(OCCC(C)SSC(C)CCNC(=O)[C@H](Cc5ccccc5)NC(=O)[C@H](Cc5ccccc5)NC(=O)CCCCCCCNC(=O)CCC(NC(=O)NC(CCC(=O)O)C(=O)O)C(=O)O)ccc34)S(=O)CC(NC(=O)CNC1=O)C(=O)N[C@@H](CC(N)=O)C(=O)N1C[C@H](O)C[C@]1(C=O)N[C@@H]([C@@H](C)[C@@H](O)CO)C(=O)N2. The third kappa shape index (κ3) is 32.8. The summed E-state index contributed by atoms with van der Waals surface area (Å²) in [4.78, 5) is 233. The zero-order chi connectivity index (χ0) is 93.9. The molecule has 41 nitrogen and oxygen atoms in total. The number of unbranched alkanes of at least 4 members (excludes halogenated alkanes) is 4. The van der Waals surface area contributed by atoms with Gasteiger partial charge in [-0.2, -0.15) is 0 Å². The van der Waals surface area contributed by atoms with Gasteiger partial charge in [-0.1, -0.05) is 143 Å². The summed E-state index contributed by atoms with van der Waals surface area (Å²) in [6, 6.07) is 7.63. The highest BCUT2D eigenvalue weighted by molar-refractivity contribution is 8.77. The number of aliphatic carboxylic acids is 3. The van der Waals surface area contributed by atoms with E-state index >= 15 is 9.00 Å². The number of aliphatic hydroxyl groups is 3. The Hall–Kier alpha value is -11.3. The number of carboxylic acids is 3. The number of aromatic nitrogens is 1. The van der Waals surface area contributed by atoms with E-state index in [0.717, 1.165) is 16.0 Å². The summed E-state index contributed by atoms with van der Waals surface area (Å²) in [6.07, 6.45) is -2.21. The van der Waals surface area contributed by atoms with Crippen LogP contribution in [0.5, 0.6) is 5.75 Å². The number of carbonyl (C=O) groups excluding carboxylic acids is 14. The number of aromatic amines is 1. The number of ether oxygens (including phenoxy) is 1. The number of nitrogens with one attached hydrogen (secondary N) is 14. The maximum Gasteiger partial charge on any atom is 0.326 e. The first-order valence-electron chi connectivity index (χ1n) is 42.4.